The second-order valence-corrected chi connectivity index (χ2v) is 5.19. The van der Waals surface area contributed by atoms with Crippen LogP contribution in [0.2, 0.25) is 0 Å². The molecule has 0 fully saturated rings. The molecule has 0 saturated carbocycles. The second kappa shape index (κ2) is 8.05. The Morgan fingerprint density at radius 2 is 2.28 bits per heavy atom. The van der Waals surface area contributed by atoms with E-state index in [1.165, 1.54) is 7.11 Å². The molecule has 0 bridgehead atoms. The summed E-state index contributed by atoms with van der Waals surface area (Å²) in [4.78, 5) is 19.7. The highest BCUT2D eigenvalue weighted by Gasteiger charge is 2.19. The molecule has 18 heavy (non-hydrogen) atoms. The van der Waals surface area contributed by atoms with Gasteiger partial charge in [0.2, 0.25) is 0 Å². The molecule has 0 aliphatic carbocycles. The Bertz CT molecular complexity index is 360. The number of thioether (sulfide) groups is 1. The first-order valence-electron chi connectivity index (χ1n) is 5.86. The maximum absolute atomic E-state index is 11.6. The van der Waals surface area contributed by atoms with Crippen LogP contribution < -0.4 is 5.32 Å². The van der Waals surface area contributed by atoms with Crippen molar-refractivity contribution in [3.05, 3.63) is 18.6 Å². The minimum absolute atomic E-state index is 0.219. The Kier molecular flexibility index (Phi) is 6.67. The third kappa shape index (κ3) is 5.46. The number of esters is 1. The normalized spacial score (nSPS) is 12.4. The van der Waals surface area contributed by atoms with Gasteiger partial charge in [-0.05, 0) is 6.42 Å². The second-order valence-electron chi connectivity index (χ2n) is 4.08. The van der Waals surface area contributed by atoms with Crippen LogP contribution in [0.5, 0.6) is 0 Å². The van der Waals surface area contributed by atoms with Gasteiger partial charge >= 0.3 is 5.97 Å². The largest absolute Gasteiger partial charge is 0.468 e. The standard InChI is InChI=1S/C12H19N3O2S/c1-9(2)15-10(12(16)17-3)4-7-18-11-8-13-5-6-14-11/h5-6,8-10,15H,4,7H2,1-3H3. The van der Waals surface area contributed by atoms with E-state index in [1.54, 1.807) is 30.4 Å². The molecule has 0 saturated heterocycles. The van der Waals surface area contributed by atoms with Crippen molar-refractivity contribution in [3.8, 4) is 0 Å². The molecular weight excluding hydrogens is 250 g/mol. The number of nitrogens with zero attached hydrogens (tertiary/aromatic N) is 2. The fourth-order valence-electron chi connectivity index (χ4n) is 1.46. The zero-order chi connectivity index (χ0) is 13.4. The summed E-state index contributed by atoms with van der Waals surface area (Å²) in [5.41, 5.74) is 0. The molecule has 1 atom stereocenters. The van der Waals surface area contributed by atoms with Crippen molar-refractivity contribution in [2.24, 2.45) is 0 Å². The number of carbonyl (C=O) groups excluding carboxylic acids is 1. The summed E-state index contributed by atoms with van der Waals surface area (Å²) in [7, 11) is 1.41. The zero-order valence-corrected chi connectivity index (χ0v) is 11.7. The molecule has 0 aliphatic heterocycles. The van der Waals surface area contributed by atoms with E-state index in [1.807, 2.05) is 13.8 Å². The van der Waals surface area contributed by atoms with E-state index in [9.17, 15) is 4.79 Å². The molecule has 5 nitrogen and oxygen atoms in total. The average Bonchev–Trinajstić information content (AvgIpc) is 2.37. The lowest BCUT2D eigenvalue weighted by atomic mass is 10.2. The van der Waals surface area contributed by atoms with Crippen LogP contribution in [0.3, 0.4) is 0 Å². The fraction of sp³-hybridized carbons (Fsp3) is 0.583. The predicted molar refractivity (Wildman–Crippen MR) is 71.4 cm³/mol. The summed E-state index contributed by atoms with van der Waals surface area (Å²) in [6.45, 7) is 4.01. The number of methoxy groups -OCH3 is 1. The van der Waals surface area contributed by atoms with Gasteiger partial charge in [0.25, 0.3) is 0 Å². The van der Waals surface area contributed by atoms with Gasteiger partial charge in [0, 0.05) is 24.2 Å². The number of ether oxygens (including phenoxy) is 1. The average molecular weight is 269 g/mol. The third-order valence-electron chi connectivity index (χ3n) is 2.22. The Balaban J connectivity index is 2.40. The molecule has 1 aromatic heterocycles. The van der Waals surface area contributed by atoms with Crippen molar-refractivity contribution < 1.29 is 9.53 Å². The molecule has 100 valence electrons. The minimum atomic E-state index is -0.265. The van der Waals surface area contributed by atoms with Gasteiger partial charge in [0.15, 0.2) is 0 Å². The van der Waals surface area contributed by atoms with Crippen molar-refractivity contribution in [1.29, 1.82) is 0 Å². The van der Waals surface area contributed by atoms with Gasteiger partial charge in [-0.2, -0.15) is 0 Å². The van der Waals surface area contributed by atoms with E-state index in [-0.39, 0.29) is 18.1 Å². The molecule has 6 heteroatoms. The first-order valence-corrected chi connectivity index (χ1v) is 6.84. The summed E-state index contributed by atoms with van der Waals surface area (Å²) in [6.07, 6.45) is 5.72. The smallest absolute Gasteiger partial charge is 0.322 e. The predicted octanol–water partition coefficient (Wildman–Crippen LogP) is 1.50. The number of carbonyl (C=O) groups is 1. The Hall–Kier alpha value is -1.14. The lowest BCUT2D eigenvalue weighted by Gasteiger charge is -2.18. The molecule has 1 N–H and O–H groups in total. The first-order chi connectivity index (χ1) is 8.63. The molecule has 1 rings (SSSR count). The molecule has 0 aromatic carbocycles. The first kappa shape index (κ1) is 14.9. The highest BCUT2D eigenvalue weighted by molar-refractivity contribution is 7.99. The van der Waals surface area contributed by atoms with Gasteiger partial charge in [-0.1, -0.05) is 13.8 Å². The summed E-state index contributed by atoms with van der Waals surface area (Å²) < 4.78 is 4.78. The fourth-order valence-corrected chi connectivity index (χ4v) is 2.29. The van der Waals surface area contributed by atoms with E-state index in [0.29, 0.717) is 6.42 Å². The SMILES string of the molecule is COC(=O)C(CCSc1cnccn1)NC(C)C. The maximum atomic E-state index is 11.6. The summed E-state index contributed by atoms with van der Waals surface area (Å²) >= 11 is 1.58. The van der Waals surface area contributed by atoms with E-state index < -0.39 is 0 Å². The number of hydrogen-bond donors (Lipinski definition) is 1. The highest BCUT2D eigenvalue weighted by atomic mass is 32.2. The Labute approximate surface area is 112 Å². The molecule has 1 unspecified atom stereocenters. The molecule has 0 amide bonds. The van der Waals surface area contributed by atoms with Gasteiger partial charge in [-0.25, -0.2) is 4.98 Å². The Morgan fingerprint density at radius 3 is 2.83 bits per heavy atom. The lowest BCUT2D eigenvalue weighted by molar-refractivity contribution is -0.143. The van der Waals surface area contributed by atoms with E-state index in [4.69, 9.17) is 4.74 Å². The molecular formula is C12H19N3O2S. The van der Waals surface area contributed by atoms with Crippen molar-refractivity contribution in [1.82, 2.24) is 15.3 Å². The van der Waals surface area contributed by atoms with Crippen LogP contribution >= 0.6 is 11.8 Å². The molecule has 0 spiro atoms. The van der Waals surface area contributed by atoms with Crippen LogP contribution in [-0.4, -0.2) is 40.9 Å². The summed E-state index contributed by atoms with van der Waals surface area (Å²) in [5.74, 6) is 0.571. The van der Waals surface area contributed by atoms with Crippen LogP contribution in [0.1, 0.15) is 20.3 Å². The van der Waals surface area contributed by atoms with Crippen LogP contribution in [0.15, 0.2) is 23.6 Å². The number of hydrogen-bond acceptors (Lipinski definition) is 6. The Morgan fingerprint density at radius 1 is 1.50 bits per heavy atom. The molecule has 1 heterocycles. The van der Waals surface area contributed by atoms with Crippen molar-refractivity contribution in [2.45, 2.75) is 37.4 Å². The minimum Gasteiger partial charge on any atom is -0.468 e. The summed E-state index contributed by atoms with van der Waals surface area (Å²) in [6, 6.07) is -0.0187. The number of aromatic nitrogens is 2. The van der Waals surface area contributed by atoms with Gasteiger partial charge in [0.1, 0.15) is 11.1 Å². The van der Waals surface area contributed by atoms with Gasteiger partial charge < -0.3 is 10.1 Å². The van der Waals surface area contributed by atoms with Crippen LogP contribution in [0, 0.1) is 0 Å². The van der Waals surface area contributed by atoms with Crippen LogP contribution in [0.4, 0.5) is 0 Å². The monoisotopic (exact) mass is 269 g/mol. The van der Waals surface area contributed by atoms with Crippen LogP contribution in [0.25, 0.3) is 0 Å². The maximum Gasteiger partial charge on any atom is 0.322 e. The van der Waals surface area contributed by atoms with E-state index >= 15 is 0 Å². The van der Waals surface area contributed by atoms with Crippen LogP contribution in [-0.2, 0) is 9.53 Å². The van der Waals surface area contributed by atoms with Crippen molar-refractivity contribution in [3.63, 3.8) is 0 Å². The zero-order valence-electron chi connectivity index (χ0n) is 10.9. The molecule has 0 aliphatic rings. The van der Waals surface area contributed by atoms with Gasteiger partial charge in [-0.3, -0.25) is 9.78 Å². The summed E-state index contributed by atoms with van der Waals surface area (Å²) in [5, 5.41) is 4.06. The van der Waals surface area contributed by atoms with Crippen molar-refractivity contribution >= 4 is 17.7 Å². The number of nitrogens with one attached hydrogen (secondary N) is 1. The highest BCUT2D eigenvalue weighted by Crippen LogP contribution is 2.15. The number of rotatable bonds is 7. The van der Waals surface area contributed by atoms with Crippen molar-refractivity contribution in [2.75, 3.05) is 12.9 Å². The molecule has 0 radical (unpaired) electrons. The third-order valence-corrected chi connectivity index (χ3v) is 3.16. The van der Waals surface area contributed by atoms with E-state index in [2.05, 4.69) is 15.3 Å². The van der Waals surface area contributed by atoms with E-state index in [0.717, 1.165) is 10.8 Å². The quantitative estimate of drug-likeness (QED) is 0.598. The van der Waals surface area contributed by atoms with Gasteiger partial charge in [0.05, 0.1) is 13.3 Å². The van der Waals surface area contributed by atoms with Gasteiger partial charge in [-0.15, -0.1) is 11.8 Å². The topological polar surface area (TPSA) is 64.1 Å². The molecule has 1 aromatic rings. The lowest BCUT2D eigenvalue weighted by Crippen LogP contribution is -2.41.